The number of aryl methyl sites for hydroxylation is 1. The summed E-state index contributed by atoms with van der Waals surface area (Å²) in [6.45, 7) is 3.33. The van der Waals surface area contributed by atoms with Gasteiger partial charge in [0.15, 0.2) is 0 Å². The van der Waals surface area contributed by atoms with E-state index in [2.05, 4.69) is 58.6 Å². The lowest BCUT2D eigenvalue weighted by Gasteiger charge is -2.06. The Bertz CT molecular complexity index is 1020. The minimum absolute atomic E-state index is 0.702. The van der Waals surface area contributed by atoms with Crippen LogP contribution in [0.3, 0.4) is 0 Å². The van der Waals surface area contributed by atoms with Crippen LogP contribution in [-0.2, 0) is 6.54 Å². The van der Waals surface area contributed by atoms with Crippen molar-refractivity contribution in [3.8, 4) is 0 Å². The third kappa shape index (κ3) is 1.99. The zero-order valence-corrected chi connectivity index (χ0v) is 13.5. The van der Waals surface area contributed by atoms with Gasteiger partial charge in [-0.3, -0.25) is 0 Å². The van der Waals surface area contributed by atoms with Crippen LogP contribution in [0, 0.1) is 0 Å². The van der Waals surface area contributed by atoms with E-state index < -0.39 is 0 Å². The molecule has 4 aromatic rings. The molecular formula is C20H21N3. The number of rotatable bonds is 4. The zero-order chi connectivity index (χ0) is 15.4. The van der Waals surface area contributed by atoms with E-state index in [4.69, 9.17) is 4.98 Å². The molecule has 0 spiro atoms. The molecule has 1 fully saturated rings. The highest BCUT2D eigenvalue weighted by Crippen LogP contribution is 2.40. The van der Waals surface area contributed by atoms with Gasteiger partial charge in [-0.15, -0.1) is 0 Å². The second-order valence-corrected chi connectivity index (χ2v) is 6.80. The Kier molecular flexibility index (Phi) is 2.78. The molecule has 3 heterocycles. The first-order valence-corrected chi connectivity index (χ1v) is 8.74. The molecule has 23 heavy (non-hydrogen) atoms. The average molecular weight is 303 g/mol. The number of imidazole rings is 1. The summed E-state index contributed by atoms with van der Waals surface area (Å²) in [6, 6.07) is 11.0. The minimum Gasteiger partial charge on any atom is -0.339 e. The number of para-hydroxylation sites is 1. The normalized spacial score (nSPS) is 15.2. The number of unbranched alkanes of at least 4 members (excludes halogenated alkanes) is 1. The molecule has 3 heteroatoms. The minimum atomic E-state index is 0.702. The van der Waals surface area contributed by atoms with Crippen molar-refractivity contribution in [1.29, 1.82) is 0 Å². The van der Waals surface area contributed by atoms with Crippen molar-refractivity contribution >= 4 is 27.5 Å². The molecule has 0 radical (unpaired) electrons. The molecule has 0 aliphatic heterocycles. The summed E-state index contributed by atoms with van der Waals surface area (Å²) in [5, 5.41) is 2.68. The van der Waals surface area contributed by atoms with E-state index >= 15 is 0 Å². The van der Waals surface area contributed by atoms with Gasteiger partial charge in [0.25, 0.3) is 0 Å². The molecule has 0 amide bonds. The van der Waals surface area contributed by atoms with E-state index in [0.29, 0.717) is 5.92 Å². The second-order valence-electron chi connectivity index (χ2n) is 6.80. The van der Waals surface area contributed by atoms with Crippen LogP contribution < -0.4 is 0 Å². The molecule has 1 saturated carbocycles. The topological polar surface area (TPSA) is 22.2 Å². The third-order valence-electron chi connectivity index (χ3n) is 5.10. The number of pyridine rings is 1. The molecule has 1 aliphatic carbocycles. The number of benzene rings is 1. The molecule has 3 aromatic heterocycles. The van der Waals surface area contributed by atoms with Gasteiger partial charge < -0.3 is 8.97 Å². The van der Waals surface area contributed by atoms with E-state index in [1.54, 1.807) is 0 Å². The monoisotopic (exact) mass is 303 g/mol. The van der Waals surface area contributed by atoms with Crippen molar-refractivity contribution < 1.29 is 0 Å². The van der Waals surface area contributed by atoms with Crippen molar-refractivity contribution in [1.82, 2.24) is 14.0 Å². The molecule has 0 saturated heterocycles. The zero-order valence-electron chi connectivity index (χ0n) is 13.5. The largest absolute Gasteiger partial charge is 0.339 e. The summed E-state index contributed by atoms with van der Waals surface area (Å²) in [7, 11) is 0. The maximum Gasteiger partial charge on any atom is 0.137 e. The number of nitrogens with zero attached hydrogens (tertiary/aromatic N) is 3. The van der Waals surface area contributed by atoms with Crippen molar-refractivity contribution in [3.63, 3.8) is 0 Å². The number of aromatic nitrogens is 3. The van der Waals surface area contributed by atoms with E-state index in [1.165, 1.54) is 53.2 Å². The standard InChI is InChI=1S/C20H21N3/c1-2-3-10-23-18-7-5-4-6-15(18)16-11-20-21-17(14-8-9-14)12-22(20)13-19(16)23/h4-7,11-14H,2-3,8-10H2,1H3. The predicted octanol–water partition coefficient (Wildman–Crippen LogP) is 5.12. The lowest BCUT2D eigenvalue weighted by atomic mass is 10.2. The van der Waals surface area contributed by atoms with Gasteiger partial charge >= 0.3 is 0 Å². The van der Waals surface area contributed by atoms with E-state index in [1.807, 2.05) is 0 Å². The maximum absolute atomic E-state index is 4.86. The van der Waals surface area contributed by atoms with Crippen LogP contribution in [0.15, 0.2) is 42.7 Å². The molecule has 0 atom stereocenters. The van der Waals surface area contributed by atoms with Crippen LogP contribution in [-0.4, -0.2) is 14.0 Å². The summed E-state index contributed by atoms with van der Waals surface area (Å²) < 4.78 is 4.70. The second kappa shape index (κ2) is 4.85. The molecule has 5 rings (SSSR count). The van der Waals surface area contributed by atoms with Crippen LogP contribution in [0.1, 0.15) is 44.2 Å². The molecule has 0 N–H and O–H groups in total. The Balaban J connectivity index is 1.81. The Morgan fingerprint density at radius 3 is 2.78 bits per heavy atom. The highest BCUT2D eigenvalue weighted by atomic mass is 15.0. The van der Waals surface area contributed by atoms with Crippen LogP contribution in [0.5, 0.6) is 0 Å². The van der Waals surface area contributed by atoms with Gasteiger partial charge in [-0.2, -0.15) is 0 Å². The Morgan fingerprint density at radius 2 is 1.96 bits per heavy atom. The Hall–Kier alpha value is -2.29. The molecule has 1 aliphatic rings. The van der Waals surface area contributed by atoms with Gasteiger partial charge in [-0.25, -0.2) is 4.98 Å². The first-order valence-electron chi connectivity index (χ1n) is 8.74. The van der Waals surface area contributed by atoms with Crippen LogP contribution in [0.2, 0.25) is 0 Å². The van der Waals surface area contributed by atoms with Crippen LogP contribution >= 0.6 is 0 Å². The quantitative estimate of drug-likeness (QED) is 0.513. The number of fused-ring (bicyclic) bond motifs is 4. The number of hydrogen-bond acceptors (Lipinski definition) is 1. The SMILES string of the molecule is CCCCn1c2ccccc2c2cc3nc(C4CC4)cn3cc21. The van der Waals surface area contributed by atoms with Gasteiger partial charge in [-0.05, 0) is 31.4 Å². The molecule has 116 valence electrons. The molecule has 0 bridgehead atoms. The van der Waals surface area contributed by atoms with E-state index in [-0.39, 0.29) is 0 Å². The van der Waals surface area contributed by atoms with E-state index in [0.717, 1.165) is 12.2 Å². The fourth-order valence-electron chi connectivity index (χ4n) is 3.67. The summed E-state index contributed by atoms with van der Waals surface area (Å²) >= 11 is 0. The average Bonchev–Trinajstić information content (AvgIpc) is 3.28. The Labute approximate surface area is 135 Å². The summed E-state index contributed by atoms with van der Waals surface area (Å²) in [4.78, 5) is 4.86. The Morgan fingerprint density at radius 1 is 1.09 bits per heavy atom. The highest BCUT2D eigenvalue weighted by Gasteiger charge is 2.26. The van der Waals surface area contributed by atoms with Gasteiger partial charge in [0.2, 0.25) is 0 Å². The van der Waals surface area contributed by atoms with Gasteiger partial charge in [0.05, 0.1) is 11.2 Å². The highest BCUT2D eigenvalue weighted by molar-refractivity contribution is 6.08. The molecule has 0 unspecified atom stereocenters. The maximum atomic E-state index is 4.86. The van der Waals surface area contributed by atoms with Crippen molar-refractivity contribution in [3.05, 3.63) is 48.4 Å². The van der Waals surface area contributed by atoms with Crippen molar-refractivity contribution in [2.24, 2.45) is 0 Å². The van der Waals surface area contributed by atoms with E-state index in [9.17, 15) is 0 Å². The van der Waals surface area contributed by atoms with Crippen LogP contribution in [0.25, 0.3) is 27.5 Å². The lowest BCUT2D eigenvalue weighted by Crippen LogP contribution is -1.97. The van der Waals surface area contributed by atoms with Gasteiger partial charge in [0, 0.05) is 41.1 Å². The smallest absolute Gasteiger partial charge is 0.137 e. The lowest BCUT2D eigenvalue weighted by molar-refractivity contribution is 0.664. The van der Waals surface area contributed by atoms with Crippen molar-refractivity contribution in [2.45, 2.75) is 45.1 Å². The first-order chi connectivity index (χ1) is 11.3. The molecule has 1 aromatic carbocycles. The third-order valence-corrected chi connectivity index (χ3v) is 5.10. The molecule has 3 nitrogen and oxygen atoms in total. The summed E-state index contributed by atoms with van der Waals surface area (Å²) in [5.41, 5.74) is 5.01. The predicted molar refractivity (Wildman–Crippen MR) is 95.1 cm³/mol. The fraction of sp³-hybridized carbons (Fsp3) is 0.350. The van der Waals surface area contributed by atoms with Crippen molar-refractivity contribution in [2.75, 3.05) is 0 Å². The first kappa shape index (κ1) is 13.2. The summed E-state index contributed by atoms with van der Waals surface area (Å²) in [6.07, 6.45) is 9.54. The van der Waals surface area contributed by atoms with Crippen LogP contribution in [0.4, 0.5) is 0 Å². The fourth-order valence-corrected chi connectivity index (χ4v) is 3.67. The summed E-state index contributed by atoms with van der Waals surface area (Å²) in [5.74, 6) is 0.702. The molecular weight excluding hydrogens is 282 g/mol. The number of hydrogen-bond donors (Lipinski definition) is 0. The van der Waals surface area contributed by atoms with Gasteiger partial charge in [-0.1, -0.05) is 31.5 Å². The van der Waals surface area contributed by atoms with Gasteiger partial charge in [0.1, 0.15) is 5.65 Å².